The molecule has 2 aliphatic heterocycles. The summed E-state index contributed by atoms with van der Waals surface area (Å²) in [5, 5.41) is 12.6. The lowest BCUT2D eigenvalue weighted by molar-refractivity contribution is -0.136. The zero-order chi connectivity index (χ0) is 31.1. The van der Waals surface area contributed by atoms with Gasteiger partial charge in [-0.05, 0) is 62.6 Å². The van der Waals surface area contributed by atoms with Crippen LogP contribution in [0.5, 0.6) is 0 Å². The molecule has 3 atom stereocenters. The van der Waals surface area contributed by atoms with Crippen LogP contribution < -0.4 is 16.0 Å². The number of carbonyl (C=O) groups is 4. The molecule has 1 fully saturated rings. The quantitative estimate of drug-likeness (QED) is 0.411. The molecule has 222 valence electrons. The Balaban J connectivity index is 1.49. The number of primary amides is 1. The normalized spacial score (nSPS) is 20.3. The van der Waals surface area contributed by atoms with E-state index < -0.39 is 29.3 Å². The van der Waals surface area contributed by atoms with Crippen LogP contribution in [-0.4, -0.2) is 57.2 Å². The Labute approximate surface area is 258 Å². The number of aromatic nitrogens is 2. The molecule has 11 nitrogen and oxygen atoms in total. The first-order chi connectivity index (χ1) is 20.4. The molecule has 0 bridgehead atoms. The van der Waals surface area contributed by atoms with E-state index in [1.165, 1.54) is 16.0 Å². The van der Waals surface area contributed by atoms with Crippen molar-refractivity contribution < 1.29 is 19.2 Å². The van der Waals surface area contributed by atoms with Crippen molar-refractivity contribution >= 4 is 58.5 Å². The average Bonchev–Trinajstić information content (AvgIpc) is 3.50. The summed E-state index contributed by atoms with van der Waals surface area (Å²) < 4.78 is 1.55. The van der Waals surface area contributed by atoms with Crippen LogP contribution in [0.25, 0.3) is 0 Å². The summed E-state index contributed by atoms with van der Waals surface area (Å²) in [4.78, 5) is 60.1. The molecule has 2 aliphatic rings. The molecule has 0 radical (unpaired) electrons. The maximum atomic E-state index is 14.2. The number of amides is 4. The van der Waals surface area contributed by atoms with Gasteiger partial charge in [0.25, 0.3) is 11.8 Å². The predicted molar refractivity (Wildman–Crippen MR) is 160 cm³/mol. The highest BCUT2D eigenvalue weighted by atomic mass is 35.5. The fraction of sp³-hybridized carbons (Fsp3) is 0.333. The third-order valence-electron chi connectivity index (χ3n) is 7.92. The van der Waals surface area contributed by atoms with Crippen molar-refractivity contribution in [2.75, 3.05) is 18.0 Å². The zero-order valence-electron chi connectivity index (χ0n) is 23.5. The zero-order valence-corrected chi connectivity index (χ0v) is 25.0. The van der Waals surface area contributed by atoms with Gasteiger partial charge in [0.15, 0.2) is 0 Å². The highest BCUT2D eigenvalue weighted by Gasteiger charge is 2.51. The van der Waals surface area contributed by atoms with Crippen molar-refractivity contribution in [2.24, 2.45) is 11.7 Å². The molecule has 3 N–H and O–H groups in total. The lowest BCUT2D eigenvalue weighted by Gasteiger charge is -2.33. The molecule has 5 rings (SSSR count). The second kappa shape index (κ2) is 11.7. The van der Waals surface area contributed by atoms with E-state index in [1.54, 1.807) is 60.9 Å². The number of nitriles is 1. The molecule has 3 aromatic rings. The van der Waals surface area contributed by atoms with Crippen LogP contribution in [0.1, 0.15) is 48.3 Å². The molecule has 3 heterocycles. The Kier molecular flexibility index (Phi) is 8.18. The second-order valence-electron chi connectivity index (χ2n) is 11.0. The van der Waals surface area contributed by atoms with Gasteiger partial charge in [0.05, 0.1) is 29.4 Å². The third-order valence-corrected chi connectivity index (χ3v) is 8.36. The lowest BCUT2D eigenvalue weighted by Crippen LogP contribution is -2.52. The molecule has 0 spiro atoms. The van der Waals surface area contributed by atoms with Gasteiger partial charge in [-0.25, -0.2) is 9.88 Å². The molecule has 1 aromatic heterocycles. The summed E-state index contributed by atoms with van der Waals surface area (Å²) >= 11 is 12.5. The first-order valence-corrected chi connectivity index (χ1v) is 14.5. The minimum atomic E-state index is -1.32. The van der Waals surface area contributed by atoms with Crippen LogP contribution >= 0.6 is 23.2 Å². The molecular formula is C30H29Cl2N7O4. The summed E-state index contributed by atoms with van der Waals surface area (Å²) in [6.07, 6.45) is 2.77. The monoisotopic (exact) mass is 621 g/mol. The summed E-state index contributed by atoms with van der Waals surface area (Å²) in [6, 6.07) is 12.7. The van der Waals surface area contributed by atoms with E-state index in [0.29, 0.717) is 40.7 Å². The SMILES string of the molecule is C[C@H](NC(=O)c1cnc2n1C(C)(Cc1ccc(C#N)cc1)C(=O)N2c1cc(Cl)cc(Cl)c1)C(=O)N1CCC[C@@H](C(N)=O)C1. The minimum absolute atomic E-state index is 0.0726. The van der Waals surface area contributed by atoms with Gasteiger partial charge in [-0.15, -0.1) is 0 Å². The van der Waals surface area contributed by atoms with E-state index in [2.05, 4.69) is 16.4 Å². The van der Waals surface area contributed by atoms with Crippen LogP contribution in [-0.2, 0) is 26.3 Å². The lowest BCUT2D eigenvalue weighted by atomic mass is 9.91. The smallest absolute Gasteiger partial charge is 0.270 e. The van der Waals surface area contributed by atoms with Crippen LogP contribution in [0, 0.1) is 17.2 Å². The number of anilines is 2. The largest absolute Gasteiger partial charge is 0.369 e. The molecular weight excluding hydrogens is 593 g/mol. The maximum absolute atomic E-state index is 14.2. The first-order valence-electron chi connectivity index (χ1n) is 13.7. The molecule has 13 heteroatoms. The fourth-order valence-corrected chi connectivity index (χ4v) is 6.25. The van der Waals surface area contributed by atoms with Crippen molar-refractivity contribution in [1.82, 2.24) is 19.8 Å². The van der Waals surface area contributed by atoms with Crippen LogP contribution in [0.2, 0.25) is 10.0 Å². The number of nitrogens with two attached hydrogens (primary N) is 1. The number of hydrogen-bond donors (Lipinski definition) is 2. The topological polar surface area (TPSA) is 154 Å². The number of imidazole rings is 1. The van der Waals surface area contributed by atoms with Gasteiger partial charge in [-0.3, -0.25) is 23.7 Å². The van der Waals surface area contributed by atoms with E-state index in [0.717, 1.165) is 5.56 Å². The van der Waals surface area contributed by atoms with Crippen molar-refractivity contribution in [3.63, 3.8) is 0 Å². The van der Waals surface area contributed by atoms with E-state index in [9.17, 15) is 24.4 Å². The van der Waals surface area contributed by atoms with Gasteiger partial charge >= 0.3 is 0 Å². The van der Waals surface area contributed by atoms with Crippen LogP contribution in [0.3, 0.4) is 0 Å². The molecule has 4 amide bonds. The predicted octanol–water partition coefficient (Wildman–Crippen LogP) is 3.54. The van der Waals surface area contributed by atoms with Crippen molar-refractivity contribution in [3.05, 3.63) is 75.5 Å². The number of carbonyl (C=O) groups excluding carboxylic acids is 4. The van der Waals surface area contributed by atoms with Crippen LogP contribution in [0.15, 0.2) is 48.7 Å². The average molecular weight is 623 g/mol. The minimum Gasteiger partial charge on any atom is -0.369 e. The van der Waals surface area contributed by atoms with Gasteiger partial charge in [0, 0.05) is 29.6 Å². The molecule has 0 saturated carbocycles. The number of nitrogens with one attached hydrogen (secondary N) is 1. The van der Waals surface area contributed by atoms with Crippen LogP contribution in [0.4, 0.5) is 11.6 Å². The van der Waals surface area contributed by atoms with E-state index in [-0.39, 0.29) is 36.4 Å². The Hall–Kier alpha value is -4.40. The van der Waals surface area contributed by atoms with Gasteiger partial charge in [-0.1, -0.05) is 35.3 Å². The Morgan fingerprint density at radius 2 is 1.86 bits per heavy atom. The van der Waals surface area contributed by atoms with Gasteiger partial charge in [0.1, 0.15) is 17.3 Å². The molecule has 43 heavy (non-hydrogen) atoms. The Bertz CT molecular complexity index is 1650. The second-order valence-corrected chi connectivity index (χ2v) is 11.9. The molecule has 0 aliphatic carbocycles. The Morgan fingerprint density at radius 1 is 1.19 bits per heavy atom. The van der Waals surface area contributed by atoms with Crippen molar-refractivity contribution in [3.8, 4) is 6.07 Å². The van der Waals surface area contributed by atoms with Gasteiger partial charge in [0.2, 0.25) is 17.8 Å². The Morgan fingerprint density at radius 3 is 2.49 bits per heavy atom. The third kappa shape index (κ3) is 5.68. The summed E-state index contributed by atoms with van der Waals surface area (Å²) in [5.41, 5.74) is 5.81. The van der Waals surface area contributed by atoms with E-state index in [4.69, 9.17) is 28.9 Å². The van der Waals surface area contributed by atoms with Gasteiger partial charge in [-0.2, -0.15) is 5.26 Å². The molecule has 1 saturated heterocycles. The van der Waals surface area contributed by atoms with Crippen molar-refractivity contribution in [2.45, 2.75) is 44.7 Å². The van der Waals surface area contributed by atoms with Crippen molar-refractivity contribution in [1.29, 1.82) is 5.26 Å². The van der Waals surface area contributed by atoms with E-state index in [1.807, 2.05) is 0 Å². The molecule has 1 unspecified atom stereocenters. The standard InChI is InChI=1S/C30H29Cl2N7O4/c1-17(27(42)37-9-3-4-20(16-37)25(34)40)36-26(41)24-15-35-29-38(23-11-21(31)10-22(32)12-23)28(43)30(2,39(24)29)13-18-5-7-19(14-33)8-6-18/h5-8,10-12,15,17,20H,3-4,9,13,16H2,1-2H3,(H2,34,40)(H,36,41)/t17-,20+,30?/m0/s1. The number of fused-ring (bicyclic) bond motifs is 1. The van der Waals surface area contributed by atoms with Gasteiger partial charge < -0.3 is 16.0 Å². The fourth-order valence-electron chi connectivity index (χ4n) is 5.74. The summed E-state index contributed by atoms with van der Waals surface area (Å²) in [5.74, 6) is -2.02. The number of hydrogen-bond acceptors (Lipinski definition) is 6. The summed E-state index contributed by atoms with van der Waals surface area (Å²) in [6.45, 7) is 3.93. The van der Waals surface area contributed by atoms with E-state index >= 15 is 0 Å². The number of piperidine rings is 1. The maximum Gasteiger partial charge on any atom is 0.270 e. The first kappa shape index (κ1) is 30.1. The molecule has 2 aromatic carbocycles. The highest BCUT2D eigenvalue weighted by molar-refractivity contribution is 6.35. The number of benzene rings is 2. The number of rotatable bonds is 7. The summed E-state index contributed by atoms with van der Waals surface area (Å²) in [7, 11) is 0. The highest BCUT2D eigenvalue weighted by Crippen LogP contribution is 2.43. The number of likely N-dealkylation sites (tertiary alicyclic amines) is 1. The number of halogens is 2. The number of nitrogens with zero attached hydrogens (tertiary/aromatic N) is 5.